The average Bonchev–Trinajstić information content (AvgIpc) is 2.03. The summed E-state index contributed by atoms with van der Waals surface area (Å²) in [5, 5.41) is 0.725. The minimum atomic E-state index is 0.438. The molecule has 0 rings (SSSR count). The zero-order valence-electron chi connectivity index (χ0n) is 10.8. The van der Waals surface area contributed by atoms with E-state index in [9.17, 15) is 0 Å². The Balaban J connectivity index is 4.31. The quantitative estimate of drug-likeness (QED) is 0.577. The second-order valence-corrected chi connectivity index (χ2v) is 8.40. The highest BCUT2D eigenvalue weighted by molar-refractivity contribution is 8.76. The monoisotopic (exact) mass is 234 g/mol. The molecule has 0 amide bonds. The van der Waals surface area contributed by atoms with Gasteiger partial charge in [-0.25, -0.2) is 0 Å². The van der Waals surface area contributed by atoms with E-state index in [1.54, 1.807) is 0 Å². The molecule has 0 heterocycles. The van der Waals surface area contributed by atoms with E-state index in [2.05, 4.69) is 47.8 Å². The molecule has 0 aliphatic heterocycles. The van der Waals surface area contributed by atoms with E-state index in [0.717, 1.165) is 5.25 Å². The third kappa shape index (κ3) is 4.97. The van der Waals surface area contributed by atoms with E-state index in [0.29, 0.717) is 10.8 Å². The van der Waals surface area contributed by atoms with Crippen molar-refractivity contribution in [1.29, 1.82) is 0 Å². The Kier molecular flexibility index (Phi) is 5.98. The standard InChI is InChI=1S/C12H26S2/c1-8-11(3,4)9-12(5,6)10(2)14-13-7/h10H,8-9H2,1-7H3. The van der Waals surface area contributed by atoms with Gasteiger partial charge in [-0.3, -0.25) is 0 Å². The van der Waals surface area contributed by atoms with Crippen molar-refractivity contribution in [1.82, 2.24) is 0 Å². The summed E-state index contributed by atoms with van der Waals surface area (Å²) < 4.78 is 0. The Labute approximate surface area is 98.4 Å². The third-order valence-electron chi connectivity index (χ3n) is 3.23. The van der Waals surface area contributed by atoms with Crippen molar-refractivity contribution in [3.05, 3.63) is 0 Å². The van der Waals surface area contributed by atoms with Gasteiger partial charge in [0, 0.05) is 5.25 Å². The van der Waals surface area contributed by atoms with Gasteiger partial charge >= 0.3 is 0 Å². The van der Waals surface area contributed by atoms with Crippen LogP contribution in [0.25, 0.3) is 0 Å². The number of rotatable bonds is 6. The normalized spacial score (nSPS) is 15.6. The van der Waals surface area contributed by atoms with Gasteiger partial charge in [0.15, 0.2) is 0 Å². The maximum Gasteiger partial charge on any atom is 0.0174 e. The van der Waals surface area contributed by atoms with Gasteiger partial charge in [0.05, 0.1) is 0 Å². The van der Waals surface area contributed by atoms with Gasteiger partial charge in [-0.1, -0.05) is 69.6 Å². The molecule has 2 heteroatoms. The van der Waals surface area contributed by atoms with Crippen LogP contribution in [-0.4, -0.2) is 11.5 Å². The highest BCUT2D eigenvalue weighted by Crippen LogP contribution is 2.44. The van der Waals surface area contributed by atoms with E-state index < -0.39 is 0 Å². The van der Waals surface area contributed by atoms with Gasteiger partial charge in [0.1, 0.15) is 0 Å². The summed E-state index contributed by atoms with van der Waals surface area (Å²) in [6, 6.07) is 0. The zero-order chi connectivity index (χ0) is 11.4. The van der Waals surface area contributed by atoms with Crippen LogP contribution < -0.4 is 0 Å². The molecule has 1 unspecified atom stereocenters. The SMILES string of the molecule is CCC(C)(C)CC(C)(C)C(C)SSC. The highest BCUT2D eigenvalue weighted by Gasteiger charge is 2.32. The predicted molar refractivity (Wildman–Crippen MR) is 73.0 cm³/mol. The summed E-state index contributed by atoms with van der Waals surface area (Å²) in [6.45, 7) is 14.2. The first-order valence-corrected chi connectivity index (χ1v) is 8.07. The van der Waals surface area contributed by atoms with Gasteiger partial charge in [-0.05, 0) is 23.5 Å². The lowest BCUT2D eigenvalue weighted by Gasteiger charge is -2.38. The van der Waals surface area contributed by atoms with Crippen molar-refractivity contribution in [3.8, 4) is 0 Å². The van der Waals surface area contributed by atoms with Crippen molar-refractivity contribution < 1.29 is 0 Å². The Morgan fingerprint density at radius 1 is 1.14 bits per heavy atom. The number of hydrogen-bond acceptors (Lipinski definition) is 2. The first kappa shape index (κ1) is 14.7. The van der Waals surface area contributed by atoms with Crippen molar-refractivity contribution in [3.63, 3.8) is 0 Å². The van der Waals surface area contributed by atoms with Gasteiger partial charge in [0.2, 0.25) is 0 Å². The first-order chi connectivity index (χ1) is 6.25. The molecule has 0 aromatic heterocycles. The minimum absolute atomic E-state index is 0.438. The van der Waals surface area contributed by atoms with Crippen LogP contribution in [0.1, 0.15) is 54.4 Å². The Bertz CT molecular complexity index is 162. The highest BCUT2D eigenvalue weighted by atomic mass is 33.1. The molecule has 0 aromatic carbocycles. The van der Waals surface area contributed by atoms with Crippen LogP contribution in [0.3, 0.4) is 0 Å². The molecule has 0 saturated carbocycles. The van der Waals surface area contributed by atoms with E-state index in [-0.39, 0.29) is 0 Å². The zero-order valence-corrected chi connectivity index (χ0v) is 12.4. The molecule has 0 aliphatic carbocycles. The summed E-state index contributed by atoms with van der Waals surface area (Å²) in [4.78, 5) is 0. The largest absolute Gasteiger partial charge is 0.0973 e. The molecule has 0 radical (unpaired) electrons. The fourth-order valence-corrected chi connectivity index (χ4v) is 4.06. The average molecular weight is 234 g/mol. The molecule has 1 atom stereocenters. The summed E-state index contributed by atoms with van der Waals surface area (Å²) in [6.07, 6.45) is 4.75. The molecule has 0 N–H and O–H groups in total. The van der Waals surface area contributed by atoms with Crippen LogP contribution in [0.5, 0.6) is 0 Å². The summed E-state index contributed by atoms with van der Waals surface area (Å²) in [7, 11) is 3.89. The van der Waals surface area contributed by atoms with E-state index in [1.165, 1.54) is 12.8 Å². The molecule has 0 bridgehead atoms. The molecule has 0 saturated heterocycles. The molecule has 0 fully saturated rings. The van der Waals surface area contributed by atoms with Crippen molar-refractivity contribution >= 4 is 21.6 Å². The third-order valence-corrected chi connectivity index (χ3v) is 5.79. The minimum Gasteiger partial charge on any atom is -0.0973 e. The predicted octanol–water partition coefficient (Wildman–Crippen LogP) is 5.24. The van der Waals surface area contributed by atoms with Crippen LogP contribution >= 0.6 is 21.6 Å². The number of hydrogen-bond donors (Lipinski definition) is 0. The molecular formula is C12H26S2. The van der Waals surface area contributed by atoms with Gasteiger partial charge in [0.25, 0.3) is 0 Å². The van der Waals surface area contributed by atoms with Crippen molar-refractivity contribution in [2.24, 2.45) is 10.8 Å². The first-order valence-electron chi connectivity index (χ1n) is 5.44. The van der Waals surface area contributed by atoms with E-state index in [1.807, 2.05) is 21.6 Å². The maximum atomic E-state index is 2.40. The van der Waals surface area contributed by atoms with Gasteiger partial charge in [-0.2, -0.15) is 0 Å². The topological polar surface area (TPSA) is 0 Å². The van der Waals surface area contributed by atoms with Crippen LogP contribution in [0.2, 0.25) is 0 Å². The fraction of sp³-hybridized carbons (Fsp3) is 1.00. The molecular weight excluding hydrogens is 208 g/mol. The van der Waals surface area contributed by atoms with Crippen LogP contribution in [-0.2, 0) is 0 Å². The van der Waals surface area contributed by atoms with Crippen LogP contribution in [0.15, 0.2) is 0 Å². The van der Waals surface area contributed by atoms with Gasteiger partial charge in [-0.15, -0.1) is 0 Å². The van der Waals surface area contributed by atoms with Gasteiger partial charge < -0.3 is 0 Å². The Hall–Kier alpha value is 0.700. The molecule has 0 nitrogen and oxygen atoms in total. The Morgan fingerprint density at radius 3 is 2.00 bits per heavy atom. The summed E-state index contributed by atoms with van der Waals surface area (Å²) >= 11 is 0. The Morgan fingerprint density at radius 2 is 1.64 bits per heavy atom. The van der Waals surface area contributed by atoms with E-state index in [4.69, 9.17) is 0 Å². The van der Waals surface area contributed by atoms with Crippen molar-refractivity contribution in [2.45, 2.75) is 59.6 Å². The van der Waals surface area contributed by atoms with Crippen LogP contribution in [0, 0.1) is 10.8 Å². The molecule has 0 aromatic rings. The van der Waals surface area contributed by atoms with Crippen molar-refractivity contribution in [2.75, 3.05) is 6.26 Å². The summed E-state index contributed by atoms with van der Waals surface area (Å²) in [5.41, 5.74) is 0.921. The molecule has 0 aliphatic rings. The lowest BCUT2D eigenvalue weighted by atomic mass is 9.72. The second-order valence-electron chi connectivity index (χ2n) is 5.59. The fourth-order valence-electron chi connectivity index (χ4n) is 1.78. The smallest absolute Gasteiger partial charge is 0.0174 e. The van der Waals surface area contributed by atoms with E-state index >= 15 is 0 Å². The second kappa shape index (κ2) is 5.69. The maximum absolute atomic E-state index is 2.40. The summed E-state index contributed by atoms with van der Waals surface area (Å²) in [5.74, 6) is 0. The molecule has 14 heavy (non-hydrogen) atoms. The molecule has 86 valence electrons. The van der Waals surface area contributed by atoms with Crippen LogP contribution in [0.4, 0.5) is 0 Å². The lowest BCUT2D eigenvalue weighted by molar-refractivity contribution is 0.189. The lowest BCUT2D eigenvalue weighted by Crippen LogP contribution is -2.30. The molecule has 0 spiro atoms.